The van der Waals surface area contributed by atoms with Gasteiger partial charge in [0.2, 0.25) is 10.0 Å². The zero-order valence-electron chi connectivity index (χ0n) is 15.3. The molecule has 6 nitrogen and oxygen atoms in total. The average molecular weight is 393 g/mol. The Morgan fingerprint density at radius 3 is 2.89 bits per heavy atom. The number of aromatic amines is 1. The first-order valence-electron chi connectivity index (χ1n) is 9.35. The second-order valence-electron chi connectivity index (χ2n) is 7.61. The van der Waals surface area contributed by atoms with E-state index in [1.165, 1.54) is 22.6 Å². The molecule has 0 bridgehead atoms. The summed E-state index contributed by atoms with van der Waals surface area (Å²) in [7, 11) is -3.39. The lowest BCUT2D eigenvalue weighted by molar-refractivity contribution is 0.0731. The lowest BCUT2D eigenvalue weighted by Crippen LogP contribution is -2.43. The molecular formula is C19H24FN3O3S. The average Bonchev–Trinajstić information content (AvgIpc) is 3.18. The van der Waals surface area contributed by atoms with Gasteiger partial charge in [-0.2, -0.15) is 0 Å². The number of H-pyrrole nitrogens is 1. The fourth-order valence-electron chi connectivity index (χ4n) is 4.25. The van der Waals surface area contributed by atoms with Crippen LogP contribution >= 0.6 is 0 Å². The monoisotopic (exact) mass is 393 g/mol. The minimum atomic E-state index is -3.39. The van der Waals surface area contributed by atoms with Gasteiger partial charge < -0.3 is 9.88 Å². The topological polar surface area (TPSA) is 82.3 Å². The summed E-state index contributed by atoms with van der Waals surface area (Å²) in [6.45, 7) is 0.0328. The summed E-state index contributed by atoms with van der Waals surface area (Å²) in [6, 6.07) is 5.09. The predicted molar refractivity (Wildman–Crippen MR) is 102 cm³/mol. The van der Waals surface area contributed by atoms with Gasteiger partial charge in [-0.25, -0.2) is 17.5 Å². The van der Waals surface area contributed by atoms with Crippen molar-refractivity contribution < 1.29 is 17.6 Å². The summed E-state index contributed by atoms with van der Waals surface area (Å²) in [5, 5.41) is 1.07. The number of aromatic nitrogens is 1. The van der Waals surface area contributed by atoms with Crippen LogP contribution in [0.3, 0.4) is 0 Å². The van der Waals surface area contributed by atoms with Crippen molar-refractivity contribution in [1.82, 2.24) is 14.6 Å². The standard InChI is InChI=1S/C19H24FN3O3S/c1-27(25,26)21-10-14-9-13(20)11-23(14)19(24)12-6-7-18-16(8-12)15-4-2-3-5-17(15)22-18/h6-8,13-14,21-22H,2-5,9-11H2,1H3. The van der Waals surface area contributed by atoms with Gasteiger partial charge in [-0.1, -0.05) is 0 Å². The van der Waals surface area contributed by atoms with E-state index >= 15 is 0 Å². The van der Waals surface area contributed by atoms with E-state index < -0.39 is 22.2 Å². The number of aryl methyl sites for hydroxylation is 2. The molecule has 1 saturated heterocycles. The molecule has 1 aromatic carbocycles. The molecular weight excluding hydrogens is 369 g/mol. The number of sulfonamides is 1. The number of fused-ring (bicyclic) bond motifs is 3. The van der Waals surface area contributed by atoms with Gasteiger partial charge in [0.15, 0.2) is 0 Å². The van der Waals surface area contributed by atoms with E-state index in [9.17, 15) is 17.6 Å². The molecule has 2 unspecified atom stereocenters. The van der Waals surface area contributed by atoms with E-state index in [1.807, 2.05) is 12.1 Å². The number of amides is 1. The zero-order chi connectivity index (χ0) is 19.2. The molecule has 1 fully saturated rings. The summed E-state index contributed by atoms with van der Waals surface area (Å²) in [6.07, 6.45) is 4.43. The van der Waals surface area contributed by atoms with Crippen LogP contribution in [0, 0.1) is 0 Å². The molecule has 0 radical (unpaired) electrons. The molecule has 8 heteroatoms. The van der Waals surface area contributed by atoms with Crippen molar-refractivity contribution in [2.75, 3.05) is 19.3 Å². The zero-order valence-corrected chi connectivity index (χ0v) is 16.1. The Morgan fingerprint density at radius 2 is 2.11 bits per heavy atom. The molecule has 1 aliphatic heterocycles. The van der Waals surface area contributed by atoms with Gasteiger partial charge in [0.1, 0.15) is 6.17 Å². The highest BCUT2D eigenvalue weighted by atomic mass is 32.2. The number of nitrogens with zero attached hydrogens (tertiary/aromatic N) is 1. The number of rotatable bonds is 4. The molecule has 1 aliphatic carbocycles. The highest BCUT2D eigenvalue weighted by Crippen LogP contribution is 2.31. The van der Waals surface area contributed by atoms with Crippen molar-refractivity contribution in [1.29, 1.82) is 0 Å². The van der Waals surface area contributed by atoms with Gasteiger partial charge in [-0.3, -0.25) is 4.79 Å². The van der Waals surface area contributed by atoms with E-state index in [-0.39, 0.29) is 25.4 Å². The number of carbonyl (C=O) groups excluding carboxylic acids is 1. The Kier molecular flexibility index (Phi) is 4.71. The Bertz CT molecular complexity index is 985. The van der Waals surface area contributed by atoms with Crippen LogP contribution in [0.15, 0.2) is 18.2 Å². The molecule has 4 rings (SSSR count). The number of likely N-dealkylation sites (tertiary alicyclic amines) is 1. The number of nitrogens with one attached hydrogen (secondary N) is 2. The van der Waals surface area contributed by atoms with Crippen molar-refractivity contribution in [3.05, 3.63) is 35.0 Å². The molecule has 2 aliphatic rings. The van der Waals surface area contributed by atoms with E-state index in [0.29, 0.717) is 5.56 Å². The van der Waals surface area contributed by atoms with Crippen molar-refractivity contribution in [3.63, 3.8) is 0 Å². The van der Waals surface area contributed by atoms with Crippen molar-refractivity contribution in [2.45, 2.75) is 44.3 Å². The highest BCUT2D eigenvalue weighted by molar-refractivity contribution is 7.88. The Balaban J connectivity index is 1.61. The van der Waals surface area contributed by atoms with Crippen LogP contribution in [-0.2, 0) is 22.9 Å². The molecule has 0 spiro atoms. The van der Waals surface area contributed by atoms with Gasteiger partial charge in [0, 0.05) is 41.2 Å². The fraction of sp³-hybridized carbons (Fsp3) is 0.526. The first-order chi connectivity index (χ1) is 12.8. The number of carbonyl (C=O) groups is 1. The van der Waals surface area contributed by atoms with Crippen LogP contribution < -0.4 is 4.72 Å². The van der Waals surface area contributed by atoms with Crippen LogP contribution in [-0.4, -0.2) is 55.8 Å². The van der Waals surface area contributed by atoms with Crippen molar-refractivity contribution in [3.8, 4) is 0 Å². The van der Waals surface area contributed by atoms with E-state index in [2.05, 4.69) is 9.71 Å². The fourth-order valence-corrected chi connectivity index (χ4v) is 4.75. The first kappa shape index (κ1) is 18.4. The molecule has 1 aromatic heterocycles. The lowest BCUT2D eigenvalue weighted by Gasteiger charge is -2.24. The van der Waals surface area contributed by atoms with Crippen LogP contribution in [0.1, 0.15) is 40.9 Å². The summed E-state index contributed by atoms with van der Waals surface area (Å²) < 4.78 is 39.1. The van der Waals surface area contributed by atoms with Crippen molar-refractivity contribution in [2.24, 2.45) is 0 Å². The second kappa shape index (κ2) is 6.91. The number of benzene rings is 1. The molecule has 27 heavy (non-hydrogen) atoms. The molecule has 1 amide bonds. The number of hydrogen-bond donors (Lipinski definition) is 2. The molecule has 2 aromatic rings. The molecule has 2 heterocycles. The third kappa shape index (κ3) is 3.73. The minimum absolute atomic E-state index is 0.00176. The maximum Gasteiger partial charge on any atom is 0.254 e. The van der Waals surface area contributed by atoms with Crippen LogP contribution in [0.5, 0.6) is 0 Å². The number of alkyl halides is 1. The predicted octanol–water partition coefficient (Wildman–Crippen LogP) is 2.15. The van der Waals surface area contributed by atoms with Crippen LogP contribution in [0.25, 0.3) is 10.9 Å². The maximum atomic E-state index is 14.0. The summed E-state index contributed by atoms with van der Waals surface area (Å²) in [5.74, 6) is -0.247. The molecule has 2 N–H and O–H groups in total. The smallest absolute Gasteiger partial charge is 0.254 e. The number of hydrogen-bond acceptors (Lipinski definition) is 3. The summed E-state index contributed by atoms with van der Waals surface area (Å²) >= 11 is 0. The van der Waals surface area contributed by atoms with Gasteiger partial charge in [-0.05, 0) is 49.4 Å². The third-order valence-corrected chi connectivity index (χ3v) is 6.24. The molecule has 0 saturated carbocycles. The Hall–Kier alpha value is -1.93. The first-order valence-corrected chi connectivity index (χ1v) is 11.2. The Labute approximate surface area is 158 Å². The van der Waals surface area contributed by atoms with Crippen LogP contribution in [0.2, 0.25) is 0 Å². The normalized spacial score (nSPS) is 23.0. The largest absolute Gasteiger partial charge is 0.358 e. The van der Waals surface area contributed by atoms with Gasteiger partial charge in [0.25, 0.3) is 5.91 Å². The van der Waals surface area contributed by atoms with Gasteiger partial charge >= 0.3 is 0 Å². The highest BCUT2D eigenvalue weighted by Gasteiger charge is 2.36. The number of halogens is 1. The minimum Gasteiger partial charge on any atom is -0.358 e. The lowest BCUT2D eigenvalue weighted by atomic mass is 9.95. The molecule has 2 atom stereocenters. The molecule has 146 valence electrons. The van der Waals surface area contributed by atoms with E-state index in [1.54, 1.807) is 6.07 Å². The van der Waals surface area contributed by atoms with Gasteiger partial charge in [-0.15, -0.1) is 0 Å². The van der Waals surface area contributed by atoms with E-state index in [0.717, 1.165) is 36.4 Å². The Morgan fingerprint density at radius 1 is 1.33 bits per heavy atom. The van der Waals surface area contributed by atoms with E-state index in [4.69, 9.17) is 0 Å². The summed E-state index contributed by atoms with van der Waals surface area (Å²) in [5.41, 5.74) is 4.08. The van der Waals surface area contributed by atoms with Crippen LogP contribution in [0.4, 0.5) is 4.39 Å². The summed E-state index contributed by atoms with van der Waals surface area (Å²) in [4.78, 5) is 17.9. The third-order valence-electron chi connectivity index (χ3n) is 5.55. The second-order valence-corrected chi connectivity index (χ2v) is 9.45. The van der Waals surface area contributed by atoms with Crippen molar-refractivity contribution >= 4 is 26.8 Å². The quantitative estimate of drug-likeness (QED) is 0.835. The maximum absolute atomic E-state index is 14.0. The SMILES string of the molecule is CS(=O)(=O)NCC1CC(F)CN1C(=O)c1ccc2[nH]c3c(c2c1)CCCC3. The van der Waals surface area contributed by atoms with Gasteiger partial charge in [0.05, 0.1) is 12.8 Å².